The van der Waals surface area contributed by atoms with Crippen LogP contribution in [0, 0.1) is 0 Å². The number of aromatic nitrogens is 2. The van der Waals surface area contributed by atoms with Crippen LogP contribution in [0.25, 0.3) is 22.4 Å². The van der Waals surface area contributed by atoms with Gasteiger partial charge in [-0.3, -0.25) is 5.10 Å². The Morgan fingerprint density at radius 1 is 1.10 bits per heavy atom. The van der Waals surface area contributed by atoms with Gasteiger partial charge in [0.15, 0.2) is 5.82 Å². The van der Waals surface area contributed by atoms with Gasteiger partial charge in [-0.1, -0.05) is 54.9 Å². The molecule has 3 nitrogen and oxygen atoms in total. The second-order valence-corrected chi connectivity index (χ2v) is 5.31. The number of aryl methyl sites for hydroxylation is 1. The Morgan fingerprint density at radius 3 is 2.52 bits per heavy atom. The fourth-order valence-corrected chi connectivity index (χ4v) is 2.66. The van der Waals surface area contributed by atoms with Crippen molar-refractivity contribution in [3.05, 3.63) is 59.1 Å². The van der Waals surface area contributed by atoms with E-state index in [4.69, 9.17) is 17.3 Å². The molecule has 0 saturated heterocycles. The Labute approximate surface area is 128 Å². The molecule has 0 aliphatic rings. The first-order chi connectivity index (χ1) is 10.2. The predicted octanol–water partition coefficient (Wildman–Crippen LogP) is 4.54. The van der Waals surface area contributed by atoms with Gasteiger partial charge in [-0.05, 0) is 29.7 Å². The van der Waals surface area contributed by atoms with Crippen LogP contribution in [0.5, 0.6) is 0 Å². The Balaban J connectivity index is 2.19. The number of nitrogen functional groups attached to an aromatic ring is 1. The van der Waals surface area contributed by atoms with Crippen molar-refractivity contribution in [3.63, 3.8) is 0 Å². The topological polar surface area (TPSA) is 54.7 Å². The predicted molar refractivity (Wildman–Crippen MR) is 88.3 cm³/mol. The zero-order valence-electron chi connectivity index (χ0n) is 11.7. The van der Waals surface area contributed by atoms with Crippen LogP contribution < -0.4 is 5.73 Å². The summed E-state index contributed by atoms with van der Waals surface area (Å²) in [5, 5.41) is 7.96. The number of halogens is 1. The van der Waals surface area contributed by atoms with Gasteiger partial charge in [0.25, 0.3) is 0 Å². The largest absolute Gasteiger partial charge is 0.382 e. The first kappa shape index (κ1) is 13.7. The van der Waals surface area contributed by atoms with Crippen LogP contribution in [-0.4, -0.2) is 10.2 Å². The van der Waals surface area contributed by atoms with Crippen molar-refractivity contribution in [2.24, 2.45) is 0 Å². The van der Waals surface area contributed by atoms with Crippen molar-refractivity contribution in [1.29, 1.82) is 0 Å². The summed E-state index contributed by atoms with van der Waals surface area (Å²) in [7, 11) is 0. The van der Waals surface area contributed by atoms with Crippen LogP contribution in [0.15, 0.2) is 48.5 Å². The first-order valence-electron chi connectivity index (χ1n) is 6.88. The molecule has 1 aromatic heterocycles. The highest BCUT2D eigenvalue weighted by atomic mass is 35.5. The van der Waals surface area contributed by atoms with Crippen LogP contribution in [0.3, 0.4) is 0 Å². The fourth-order valence-electron chi connectivity index (χ4n) is 2.53. The van der Waals surface area contributed by atoms with E-state index in [1.165, 1.54) is 5.56 Å². The highest BCUT2D eigenvalue weighted by Gasteiger charge is 2.16. The summed E-state index contributed by atoms with van der Waals surface area (Å²) in [6, 6.07) is 15.9. The van der Waals surface area contributed by atoms with Crippen LogP contribution in [0.4, 0.5) is 5.82 Å². The van der Waals surface area contributed by atoms with Crippen molar-refractivity contribution >= 4 is 17.4 Å². The van der Waals surface area contributed by atoms with Gasteiger partial charge in [0, 0.05) is 10.6 Å². The maximum absolute atomic E-state index is 6.06. The molecule has 0 bridgehead atoms. The number of nitrogens with two attached hydrogens (primary N) is 1. The summed E-state index contributed by atoms with van der Waals surface area (Å²) in [6.07, 6.45) is 0.954. The molecule has 106 valence electrons. The fraction of sp³-hybridized carbons (Fsp3) is 0.118. The number of aromatic amines is 1. The molecular formula is C17H16ClN3. The first-order valence-corrected chi connectivity index (χ1v) is 7.26. The second kappa shape index (κ2) is 5.62. The summed E-state index contributed by atoms with van der Waals surface area (Å²) in [5.74, 6) is 0.498. The number of H-pyrrole nitrogens is 1. The summed E-state index contributed by atoms with van der Waals surface area (Å²) in [6.45, 7) is 2.14. The molecule has 3 rings (SSSR count). The zero-order valence-corrected chi connectivity index (χ0v) is 12.5. The van der Waals surface area contributed by atoms with Gasteiger partial charge in [-0.15, -0.1) is 0 Å². The molecule has 0 aliphatic heterocycles. The Morgan fingerprint density at radius 2 is 1.81 bits per heavy atom. The highest BCUT2D eigenvalue weighted by molar-refractivity contribution is 6.30. The van der Waals surface area contributed by atoms with E-state index in [1.54, 1.807) is 0 Å². The molecule has 0 atom stereocenters. The third-order valence-corrected chi connectivity index (χ3v) is 3.85. The third-order valence-electron chi connectivity index (χ3n) is 3.59. The van der Waals surface area contributed by atoms with E-state index in [2.05, 4.69) is 29.3 Å². The van der Waals surface area contributed by atoms with Gasteiger partial charge < -0.3 is 5.73 Å². The maximum Gasteiger partial charge on any atom is 0.153 e. The second-order valence-electron chi connectivity index (χ2n) is 4.88. The minimum absolute atomic E-state index is 0.498. The standard InChI is InChI=1S/C17H16ClN3/c1-2-11-5-3-4-6-14(11)16-15(17(19)21-20-16)12-7-9-13(18)10-8-12/h3-10H,2H2,1H3,(H3,19,20,21). The lowest BCUT2D eigenvalue weighted by molar-refractivity contribution is 1.09. The molecule has 0 radical (unpaired) electrons. The van der Waals surface area contributed by atoms with Crippen molar-refractivity contribution in [3.8, 4) is 22.4 Å². The van der Waals surface area contributed by atoms with Gasteiger partial charge in [-0.2, -0.15) is 5.10 Å². The zero-order chi connectivity index (χ0) is 14.8. The molecule has 3 aromatic rings. The average molecular weight is 298 g/mol. The molecule has 4 heteroatoms. The molecule has 0 aliphatic carbocycles. The molecule has 1 heterocycles. The minimum atomic E-state index is 0.498. The lowest BCUT2D eigenvalue weighted by Crippen LogP contribution is -1.91. The molecule has 2 aromatic carbocycles. The Hall–Kier alpha value is -2.26. The van der Waals surface area contributed by atoms with Crippen molar-refractivity contribution in [2.45, 2.75) is 13.3 Å². The maximum atomic E-state index is 6.06. The van der Waals surface area contributed by atoms with E-state index in [0.29, 0.717) is 10.8 Å². The number of anilines is 1. The summed E-state index contributed by atoms with van der Waals surface area (Å²) >= 11 is 5.96. The van der Waals surface area contributed by atoms with E-state index in [-0.39, 0.29) is 0 Å². The van der Waals surface area contributed by atoms with Gasteiger partial charge in [0.1, 0.15) is 0 Å². The van der Waals surface area contributed by atoms with Crippen LogP contribution in [-0.2, 0) is 6.42 Å². The van der Waals surface area contributed by atoms with Gasteiger partial charge in [0.2, 0.25) is 0 Å². The number of nitrogens with one attached hydrogen (secondary N) is 1. The monoisotopic (exact) mass is 297 g/mol. The molecule has 0 fully saturated rings. The molecule has 3 N–H and O–H groups in total. The van der Waals surface area contributed by atoms with Crippen LogP contribution in [0.2, 0.25) is 5.02 Å². The number of benzene rings is 2. The quantitative estimate of drug-likeness (QED) is 0.745. The molecule has 0 amide bonds. The molecular weight excluding hydrogens is 282 g/mol. The van der Waals surface area contributed by atoms with Crippen molar-refractivity contribution in [1.82, 2.24) is 10.2 Å². The van der Waals surface area contributed by atoms with E-state index in [9.17, 15) is 0 Å². The van der Waals surface area contributed by atoms with Crippen molar-refractivity contribution in [2.75, 3.05) is 5.73 Å². The number of hydrogen-bond donors (Lipinski definition) is 2. The molecule has 0 unspecified atom stereocenters. The van der Waals surface area contributed by atoms with Crippen molar-refractivity contribution < 1.29 is 0 Å². The van der Waals surface area contributed by atoms with E-state index in [1.807, 2.05) is 36.4 Å². The van der Waals surface area contributed by atoms with Gasteiger partial charge in [-0.25, -0.2) is 0 Å². The third kappa shape index (κ3) is 2.52. The summed E-state index contributed by atoms with van der Waals surface area (Å²) < 4.78 is 0. The van der Waals surface area contributed by atoms with E-state index in [0.717, 1.165) is 28.8 Å². The van der Waals surface area contributed by atoms with Gasteiger partial charge >= 0.3 is 0 Å². The lowest BCUT2D eigenvalue weighted by atomic mass is 9.96. The Kier molecular flexibility index (Phi) is 3.67. The Bertz CT molecular complexity index is 760. The average Bonchev–Trinajstić information content (AvgIpc) is 2.90. The number of hydrogen-bond acceptors (Lipinski definition) is 2. The SMILES string of the molecule is CCc1ccccc1-c1[nH]nc(N)c1-c1ccc(Cl)cc1. The molecule has 0 spiro atoms. The van der Waals surface area contributed by atoms with Crippen LogP contribution in [0.1, 0.15) is 12.5 Å². The summed E-state index contributed by atoms with van der Waals surface area (Å²) in [4.78, 5) is 0. The van der Waals surface area contributed by atoms with E-state index < -0.39 is 0 Å². The smallest absolute Gasteiger partial charge is 0.153 e. The van der Waals surface area contributed by atoms with Gasteiger partial charge in [0.05, 0.1) is 11.3 Å². The highest BCUT2D eigenvalue weighted by Crippen LogP contribution is 2.36. The number of rotatable bonds is 3. The van der Waals surface area contributed by atoms with Crippen LogP contribution >= 0.6 is 11.6 Å². The lowest BCUT2D eigenvalue weighted by Gasteiger charge is -2.09. The molecule has 21 heavy (non-hydrogen) atoms. The van der Waals surface area contributed by atoms with E-state index >= 15 is 0 Å². The normalized spacial score (nSPS) is 10.8. The number of nitrogens with zero attached hydrogens (tertiary/aromatic N) is 1. The summed E-state index contributed by atoms with van der Waals surface area (Å²) in [5.41, 5.74) is 11.3. The minimum Gasteiger partial charge on any atom is -0.382 e. The molecule has 0 saturated carbocycles.